The van der Waals surface area contributed by atoms with Gasteiger partial charge in [0.2, 0.25) is 5.91 Å². The Morgan fingerprint density at radius 1 is 1.19 bits per heavy atom. The standard InChI is InChI=1S/C24H33N5O3/c1-28-17-21(24(31)26-16-19-6-2-4-10-25-19)22(27-28)14-18-8-11-29(12-9-18)23(30)15-20-7-3-5-13-32-20/h2,4,6,10,17-18,20H,3,5,7-9,11-16H2,1H3,(H,26,31)/t20-/m0/s1. The molecule has 1 atom stereocenters. The normalized spacial score (nSPS) is 19.7. The van der Waals surface area contributed by atoms with Crippen LogP contribution in [-0.4, -0.2) is 57.3 Å². The first-order valence-corrected chi connectivity index (χ1v) is 11.7. The number of amides is 2. The summed E-state index contributed by atoms with van der Waals surface area (Å²) in [6.07, 6.45) is 9.97. The molecule has 2 aromatic rings. The summed E-state index contributed by atoms with van der Waals surface area (Å²) in [5, 5.41) is 7.50. The van der Waals surface area contributed by atoms with Crippen molar-refractivity contribution in [2.24, 2.45) is 13.0 Å². The van der Waals surface area contributed by atoms with Gasteiger partial charge in [0.1, 0.15) is 0 Å². The van der Waals surface area contributed by atoms with E-state index in [4.69, 9.17) is 4.74 Å². The van der Waals surface area contributed by atoms with Crippen molar-refractivity contribution >= 4 is 11.8 Å². The summed E-state index contributed by atoms with van der Waals surface area (Å²) in [5.74, 6) is 0.504. The van der Waals surface area contributed by atoms with E-state index in [1.165, 1.54) is 0 Å². The minimum atomic E-state index is -0.126. The molecule has 32 heavy (non-hydrogen) atoms. The van der Waals surface area contributed by atoms with E-state index in [9.17, 15) is 9.59 Å². The fourth-order valence-corrected chi connectivity index (χ4v) is 4.60. The lowest BCUT2D eigenvalue weighted by molar-refractivity contribution is -0.136. The second kappa shape index (κ2) is 10.7. The zero-order chi connectivity index (χ0) is 22.3. The molecule has 0 saturated carbocycles. The highest BCUT2D eigenvalue weighted by Crippen LogP contribution is 2.24. The van der Waals surface area contributed by atoms with Crippen LogP contribution in [0, 0.1) is 5.92 Å². The molecule has 0 spiro atoms. The molecule has 0 radical (unpaired) electrons. The quantitative estimate of drug-likeness (QED) is 0.716. The lowest BCUT2D eigenvalue weighted by atomic mass is 9.90. The molecule has 1 N–H and O–H groups in total. The van der Waals surface area contributed by atoms with Gasteiger partial charge < -0.3 is 15.0 Å². The van der Waals surface area contributed by atoms with Gasteiger partial charge >= 0.3 is 0 Å². The van der Waals surface area contributed by atoms with Crippen molar-refractivity contribution in [1.29, 1.82) is 0 Å². The molecule has 2 fully saturated rings. The van der Waals surface area contributed by atoms with Gasteiger partial charge in [0, 0.05) is 39.1 Å². The smallest absolute Gasteiger partial charge is 0.255 e. The largest absolute Gasteiger partial charge is 0.378 e. The molecule has 8 heteroatoms. The summed E-state index contributed by atoms with van der Waals surface area (Å²) < 4.78 is 7.43. The lowest BCUT2D eigenvalue weighted by Gasteiger charge is -2.33. The highest BCUT2D eigenvalue weighted by atomic mass is 16.5. The Balaban J connectivity index is 1.27. The van der Waals surface area contributed by atoms with Gasteiger partial charge in [-0.05, 0) is 56.6 Å². The van der Waals surface area contributed by atoms with Gasteiger partial charge in [-0.15, -0.1) is 0 Å². The predicted molar refractivity (Wildman–Crippen MR) is 120 cm³/mol. The van der Waals surface area contributed by atoms with E-state index in [1.807, 2.05) is 30.1 Å². The molecule has 2 aliphatic rings. The number of nitrogens with zero attached hydrogens (tertiary/aromatic N) is 4. The molecule has 4 heterocycles. The van der Waals surface area contributed by atoms with Crippen LogP contribution in [0.3, 0.4) is 0 Å². The maximum atomic E-state index is 12.8. The summed E-state index contributed by atoms with van der Waals surface area (Å²) in [5.41, 5.74) is 2.27. The van der Waals surface area contributed by atoms with Crippen LogP contribution >= 0.6 is 0 Å². The van der Waals surface area contributed by atoms with Crippen molar-refractivity contribution in [2.75, 3.05) is 19.7 Å². The van der Waals surface area contributed by atoms with Gasteiger partial charge in [-0.3, -0.25) is 19.3 Å². The van der Waals surface area contributed by atoms with E-state index in [0.29, 0.717) is 24.4 Å². The van der Waals surface area contributed by atoms with E-state index < -0.39 is 0 Å². The first-order valence-electron chi connectivity index (χ1n) is 11.7. The molecule has 0 aromatic carbocycles. The van der Waals surface area contributed by atoms with Crippen molar-refractivity contribution in [2.45, 2.75) is 57.6 Å². The molecular weight excluding hydrogens is 406 g/mol. The van der Waals surface area contributed by atoms with Crippen molar-refractivity contribution in [3.05, 3.63) is 47.5 Å². The Kier molecular flexibility index (Phi) is 7.52. The average molecular weight is 440 g/mol. The number of carbonyl (C=O) groups excluding carboxylic acids is 2. The summed E-state index contributed by atoms with van der Waals surface area (Å²) in [6, 6.07) is 5.65. The van der Waals surface area contributed by atoms with Crippen molar-refractivity contribution in [3.8, 4) is 0 Å². The van der Waals surface area contributed by atoms with Gasteiger partial charge in [-0.2, -0.15) is 5.10 Å². The average Bonchev–Trinajstić information content (AvgIpc) is 3.19. The van der Waals surface area contributed by atoms with Crippen LogP contribution in [0.1, 0.15) is 60.3 Å². The van der Waals surface area contributed by atoms with E-state index in [-0.39, 0.29) is 17.9 Å². The number of likely N-dealkylation sites (tertiary alicyclic amines) is 1. The van der Waals surface area contributed by atoms with Gasteiger partial charge in [0.15, 0.2) is 0 Å². The molecule has 172 valence electrons. The summed E-state index contributed by atoms with van der Waals surface area (Å²) in [6.45, 7) is 2.70. The second-order valence-electron chi connectivity index (χ2n) is 8.89. The van der Waals surface area contributed by atoms with E-state index in [2.05, 4.69) is 15.4 Å². The molecule has 0 bridgehead atoms. The number of rotatable bonds is 7. The van der Waals surface area contributed by atoms with Crippen molar-refractivity contribution < 1.29 is 14.3 Å². The molecular formula is C24H33N5O3. The Bertz CT molecular complexity index is 900. The second-order valence-corrected chi connectivity index (χ2v) is 8.89. The molecule has 2 aromatic heterocycles. The number of nitrogens with one attached hydrogen (secondary N) is 1. The Labute approximate surface area is 189 Å². The minimum absolute atomic E-state index is 0.0923. The minimum Gasteiger partial charge on any atom is -0.378 e. The number of piperidine rings is 1. The maximum Gasteiger partial charge on any atom is 0.255 e. The first-order chi connectivity index (χ1) is 15.6. The van der Waals surface area contributed by atoms with Crippen LogP contribution in [0.2, 0.25) is 0 Å². The number of ether oxygens (including phenoxy) is 1. The van der Waals surface area contributed by atoms with Crippen molar-refractivity contribution in [3.63, 3.8) is 0 Å². The van der Waals surface area contributed by atoms with Gasteiger partial charge in [0.25, 0.3) is 5.91 Å². The Morgan fingerprint density at radius 3 is 2.75 bits per heavy atom. The number of pyridine rings is 1. The highest BCUT2D eigenvalue weighted by molar-refractivity contribution is 5.95. The third-order valence-corrected chi connectivity index (χ3v) is 6.43. The zero-order valence-corrected chi connectivity index (χ0v) is 18.8. The molecule has 2 aliphatic heterocycles. The van der Waals surface area contributed by atoms with Gasteiger partial charge in [-0.1, -0.05) is 6.07 Å². The summed E-state index contributed by atoms with van der Waals surface area (Å²) >= 11 is 0. The molecule has 0 aliphatic carbocycles. The third-order valence-electron chi connectivity index (χ3n) is 6.43. The molecule has 4 rings (SSSR count). The molecule has 8 nitrogen and oxygen atoms in total. The van der Waals surface area contributed by atoms with Gasteiger partial charge in [-0.25, -0.2) is 0 Å². The Morgan fingerprint density at radius 2 is 2.03 bits per heavy atom. The molecule has 2 amide bonds. The van der Waals surface area contributed by atoms with Crippen molar-refractivity contribution in [1.82, 2.24) is 25.0 Å². The number of aryl methyl sites for hydroxylation is 1. The summed E-state index contributed by atoms with van der Waals surface area (Å²) in [7, 11) is 1.84. The van der Waals surface area contributed by atoms with E-state index in [0.717, 1.165) is 69.6 Å². The van der Waals surface area contributed by atoms with Crippen LogP contribution < -0.4 is 5.32 Å². The van der Waals surface area contributed by atoms with Crippen LogP contribution in [0.4, 0.5) is 0 Å². The van der Waals surface area contributed by atoms with Crippen LogP contribution in [0.15, 0.2) is 30.6 Å². The van der Waals surface area contributed by atoms with E-state index >= 15 is 0 Å². The monoisotopic (exact) mass is 439 g/mol. The SMILES string of the molecule is Cn1cc(C(=O)NCc2ccccn2)c(CC2CCN(C(=O)C[C@@H]3CCCCO3)CC2)n1. The lowest BCUT2D eigenvalue weighted by Crippen LogP contribution is -2.41. The highest BCUT2D eigenvalue weighted by Gasteiger charge is 2.27. The van der Waals surface area contributed by atoms with E-state index in [1.54, 1.807) is 17.1 Å². The number of hydrogen-bond donors (Lipinski definition) is 1. The maximum absolute atomic E-state index is 12.8. The fourth-order valence-electron chi connectivity index (χ4n) is 4.60. The first kappa shape index (κ1) is 22.5. The number of carbonyl (C=O) groups is 2. The third kappa shape index (κ3) is 5.94. The topological polar surface area (TPSA) is 89.4 Å². The van der Waals surface area contributed by atoms with Crippen LogP contribution in [-0.2, 0) is 29.5 Å². The number of hydrogen-bond acceptors (Lipinski definition) is 5. The van der Waals surface area contributed by atoms with Crippen LogP contribution in [0.25, 0.3) is 0 Å². The van der Waals surface area contributed by atoms with Gasteiger partial charge in [0.05, 0.1) is 36.0 Å². The molecule has 2 saturated heterocycles. The molecule has 0 unspecified atom stereocenters. The zero-order valence-electron chi connectivity index (χ0n) is 18.8. The van der Waals surface area contributed by atoms with Crippen LogP contribution in [0.5, 0.6) is 0 Å². The fraction of sp³-hybridized carbons (Fsp3) is 0.583. The Hall–Kier alpha value is -2.74. The summed E-state index contributed by atoms with van der Waals surface area (Å²) in [4.78, 5) is 31.6. The number of aromatic nitrogens is 3. The predicted octanol–water partition coefficient (Wildman–Crippen LogP) is 2.49.